The number of carboxylic acids is 1. The van der Waals surface area contributed by atoms with E-state index >= 15 is 0 Å². The Labute approximate surface area is 614 Å². The molecule has 4 fully saturated rings. The zero-order valence-corrected chi connectivity index (χ0v) is 60.2. The number of aliphatic hydroxyl groups is 1. The van der Waals surface area contributed by atoms with Crippen LogP contribution in [-0.2, 0) is 63.1 Å². The number of anilines is 1. The minimum Gasteiger partial charge on any atom is -0.508 e. The van der Waals surface area contributed by atoms with Crippen molar-refractivity contribution in [1.29, 1.82) is 0 Å². The molecule has 0 aliphatic carbocycles. The molecule has 31 heteroatoms. The molecule has 4 saturated heterocycles. The maximum Gasteiger partial charge on any atom is 0.340 e. The van der Waals surface area contributed by atoms with Gasteiger partial charge in [-0.1, -0.05) is 25.0 Å². The van der Waals surface area contributed by atoms with Gasteiger partial charge in [0.25, 0.3) is 0 Å². The first-order valence-corrected chi connectivity index (χ1v) is 37.0. The summed E-state index contributed by atoms with van der Waals surface area (Å²) in [7, 11) is 0. The van der Waals surface area contributed by atoms with Crippen LogP contribution in [-0.4, -0.2) is 233 Å². The Bertz CT molecular complexity index is 3800. The van der Waals surface area contributed by atoms with E-state index in [1.165, 1.54) is 62.6 Å². The number of carboxylic acid groups (broad SMARTS) is 1. The van der Waals surface area contributed by atoms with E-state index in [2.05, 4.69) is 26.6 Å². The molecule has 0 aromatic heterocycles. The molecular weight excluding hydrogens is 1380 g/mol. The second kappa shape index (κ2) is 35.2. The summed E-state index contributed by atoms with van der Waals surface area (Å²) in [6.07, 6.45) is 10.7. The first kappa shape index (κ1) is 77.7. The first-order valence-electron chi connectivity index (χ1n) is 36.6. The van der Waals surface area contributed by atoms with Gasteiger partial charge in [0.05, 0.1) is 24.8 Å². The minimum absolute atomic E-state index is 0.0769. The number of phenols is 2. The smallest absolute Gasteiger partial charge is 0.340 e. The Morgan fingerprint density at radius 1 is 0.657 bits per heavy atom. The highest BCUT2D eigenvalue weighted by molar-refractivity contribution is 7.80. The largest absolute Gasteiger partial charge is 0.508 e. The van der Waals surface area contributed by atoms with Crippen LogP contribution in [0.25, 0.3) is 0 Å². The molecule has 10 amide bonds. The predicted octanol–water partition coefficient (Wildman–Crippen LogP) is 3.64. The van der Waals surface area contributed by atoms with Crippen molar-refractivity contribution >= 4 is 94.0 Å². The number of aliphatic hydroxyl groups excluding tert-OH is 1. The van der Waals surface area contributed by atoms with Crippen LogP contribution in [0.2, 0.25) is 0 Å². The normalized spacial score (nSPS) is 24.5. The number of aromatic hydroxyl groups is 2. The number of nitrogens with one attached hydrogen (secondary N) is 5. The van der Waals surface area contributed by atoms with Crippen molar-refractivity contribution in [3.8, 4) is 23.0 Å². The summed E-state index contributed by atoms with van der Waals surface area (Å²) in [4.78, 5) is 175. The number of rotatable bonds is 13. The molecule has 0 bridgehead atoms. The fourth-order valence-corrected chi connectivity index (χ4v) is 15.5. The molecule has 105 heavy (non-hydrogen) atoms. The fraction of sp³-hybridized carbons (Fsp3) is 0.554. The van der Waals surface area contributed by atoms with Crippen molar-refractivity contribution in [2.75, 3.05) is 64.2 Å². The monoisotopic (exact) mass is 1470 g/mol. The number of carbonyl (C=O) groups is 12. The van der Waals surface area contributed by atoms with Crippen LogP contribution in [0.5, 0.6) is 23.0 Å². The number of nitrogens with two attached hydrogens (primary N) is 1. The SMILES string of the molecule is C[C@@H]1NC(=O)[C@H]([C@@H](C)O)NC(=O)[C@@H]2CCCN2C(=O)CN(C(=O)[C@@H]2CCCN2C(=O)CCCCNC(=S)Nc2ccc3c(c2)C2(OC3=O)c3ccc(O)cc3Oc3cc(O)ccc32)CCCC/C=C\CCCCCCN(CC(N)=O)C(=O)[C@H](CCC(=O)O)NC(=O)[C@@H]2CCCN2C(=O)[C@@H]2CCCN2C1=O. The van der Waals surface area contributed by atoms with Crippen molar-refractivity contribution in [3.05, 3.63) is 89.0 Å². The number of carbonyl (C=O) groups excluding carboxylic acids is 11. The molecule has 7 aliphatic rings. The van der Waals surface area contributed by atoms with Gasteiger partial charge in [-0.05, 0) is 178 Å². The lowest BCUT2D eigenvalue weighted by molar-refractivity contribution is -0.149. The highest BCUT2D eigenvalue weighted by Gasteiger charge is 2.54. The molecule has 7 heterocycles. The van der Waals surface area contributed by atoms with Crippen molar-refractivity contribution in [2.45, 2.75) is 203 Å². The summed E-state index contributed by atoms with van der Waals surface area (Å²) >= 11 is 5.70. The van der Waals surface area contributed by atoms with Gasteiger partial charge >= 0.3 is 11.9 Å². The van der Waals surface area contributed by atoms with E-state index < -0.39 is 139 Å². The lowest BCUT2D eigenvalue weighted by Crippen LogP contribution is -2.60. The van der Waals surface area contributed by atoms with Crippen LogP contribution in [0.15, 0.2) is 66.7 Å². The number of allylic oxidation sites excluding steroid dienone is 2. The van der Waals surface area contributed by atoms with Crippen LogP contribution in [0, 0.1) is 0 Å². The van der Waals surface area contributed by atoms with Gasteiger partial charge in [0.15, 0.2) is 10.7 Å². The number of hydrogen-bond acceptors (Lipinski definition) is 18. The van der Waals surface area contributed by atoms with Crippen LogP contribution in [0.3, 0.4) is 0 Å². The number of esters is 1. The zero-order chi connectivity index (χ0) is 75.2. The maximum absolute atomic E-state index is 14.9. The molecule has 30 nitrogen and oxygen atoms in total. The second-order valence-corrected chi connectivity index (χ2v) is 28.5. The average Bonchev–Trinajstić information content (AvgIpc) is 1.50. The van der Waals surface area contributed by atoms with Gasteiger partial charge in [-0.2, -0.15) is 0 Å². The first-order chi connectivity index (χ1) is 50.3. The Kier molecular flexibility index (Phi) is 26.1. The summed E-state index contributed by atoms with van der Waals surface area (Å²) < 4.78 is 12.3. The molecular formula is C74H96N12O18S. The average molecular weight is 1470 g/mol. The van der Waals surface area contributed by atoms with E-state index in [4.69, 9.17) is 27.4 Å². The zero-order valence-electron chi connectivity index (χ0n) is 59.4. The van der Waals surface area contributed by atoms with Crippen LogP contribution >= 0.6 is 12.2 Å². The molecule has 7 aliphatic heterocycles. The van der Waals surface area contributed by atoms with Crippen LogP contribution in [0.4, 0.5) is 5.69 Å². The number of amides is 10. The molecule has 566 valence electrons. The molecule has 11 N–H and O–H groups in total. The van der Waals surface area contributed by atoms with Crippen molar-refractivity contribution in [1.82, 2.24) is 50.7 Å². The van der Waals surface area contributed by atoms with E-state index in [0.717, 1.165) is 19.3 Å². The number of likely N-dealkylation sites (tertiary alicyclic amines) is 1. The number of phenolic OH excluding ortho intramolecular Hbond substituents is 2. The van der Waals surface area contributed by atoms with Crippen molar-refractivity contribution < 1.29 is 87.4 Å². The Morgan fingerprint density at radius 3 is 1.93 bits per heavy atom. The summed E-state index contributed by atoms with van der Waals surface area (Å²) in [6.45, 7) is 3.13. The summed E-state index contributed by atoms with van der Waals surface area (Å²) in [6, 6.07) is 5.68. The maximum atomic E-state index is 14.9. The number of unbranched alkanes of at least 4 members (excludes halogenated alkanes) is 1. The number of fused-ring (bicyclic) bond motifs is 9. The molecule has 3 aromatic carbocycles. The number of hydrogen-bond donors (Lipinski definition) is 10. The molecule has 0 saturated carbocycles. The van der Waals surface area contributed by atoms with E-state index in [1.54, 1.807) is 35.2 Å². The van der Waals surface area contributed by atoms with Gasteiger partial charge in [-0.3, -0.25) is 52.7 Å². The summed E-state index contributed by atoms with van der Waals surface area (Å²) in [5, 5.41) is 55.8. The number of ether oxygens (including phenoxy) is 2. The van der Waals surface area contributed by atoms with Gasteiger partial charge in [0, 0.05) is 93.2 Å². The Morgan fingerprint density at radius 2 is 1.27 bits per heavy atom. The Hall–Kier alpha value is -9.91. The third-order valence-corrected chi connectivity index (χ3v) is 20.9. The van der Waals surface area contributed by atoms with E-state index in [0.29, 0.717) is 118 Å². The quantitative estimate of drug-likeness (QED) is 0.0505. The topological polar surface area (TPSA) is 410 Å². The number of nitrogens with zero attached hydrogens (tertiary/aromatic N) is 6. The van der Waals surface area contributed by atoms with Gasteiger partial charge < -0.3 is 91.6 Å². The van der Waals surface area contributed by atoms with Crippen molar-refractivity contribution in [2.24, 2.45) is 5.73 Å². The number of aliphatic carboxylic acids is 1. The number of primary amides is 1. The molecule has 1 spiro atoms. The van der Waals surface area contributed by atoms with E-state index in [9.17, 15) is 78.0 Å². The minimum atomic E-state index is -1.61. The standard InChI is InChI=1S/C74H96N12O18S/c1-44-68(98)86-38-18-22-57(86)71(101)85-37-16-20-55(85)65(95)79-53(30-31-63(93)94)69(99)81(42-60(75)90)33-13-9-7-5-3-4-6-8-10-14-34-82(43-62(92)83-35-15-19-54(83)66(96)80-64(45(2)87)67(97)77-44)70(100)56-21-17-36-84(56)61(91)23-11-12-32-76-73(105)78-46-24-27-49-52(39-46)74(104-72(49)102)50-28-25-47(88)40-58(50)103-59-41-48(89)26-29-51(59)74/h4,6,24-29,39-41,44-45,53-57,64,87-89H,3,5,7-23,30-38,42-43H2,1-2H3,(H2,75,90)(H,77,97)(H,79,95)(H,80,96)(H,93,94)(H2,76,78,105)/b6-4-/t44-,45+,53-,54-,55-,56-,57-,64-/m0/s1. The second-order valence-electron chi connectivity index (χ2n) is 28.1. The van der Waals surface area contributed by atoms with Gasteiger partial charge in [-0.15, -0.1) is 0 Å². The highest BCUT2D eigenvalue weighted by atomic mass is 32.1. The third kappa shape index (κ3) is 18.4. The van der Waals surface area contributed by atoms with Crippen LogP contribution < -0.4 is 37.1 Å². The van der Waals surface area contributed by atoms with Crippen LogP contribution in [0.1, 0.15) is 176 Å². The van der Waals surface area contributed by atoms with E-state index in [-0.39, 0.29) is 98.8 Å². The lowest BCUT2D eigenvalue weighted by atomic mass is 9.77. The van der Waals surface area contributed by atoms with E-state index in [1.807, 2.05) is 12.2 Å². The lowest BCUT2D eigenvalue weighted by Gasteiger charge is -2.36. The number of benzene rings is 3. The summed E-state index contributed by atoms with van der Waals surface area (Å²) in [5.41, 5.74) is 6.34. The van der Waals surface area contributed by atoms with Crippen molar-refractivity contribution in [3.63, 3.8) is 0 Å². The highest BCUT2D eigenvalue weighted by Crippen LogP contribution is 2.57. The molecule has 0 unspecified atom stereocenters. The fourth-order valence-electron chi connectivity index (χ4n) is 15.3. The molecule has 3 aromatic rings. The van der Waals surface area contributed by atoms with Gasteiger partial charge in [-0.25, -0.2) is 4.79 Å². The van der Waals surface area contributed by atoms with Gasteiger partial charge in [0.1, 0.15) is 65.3 Å². The predicted molar refractivity (Wildman–Crippen MR) is 383 cm³/mol. The third-order valence-electron chi connectivity index (χ3n) is 20.6. The number of thiocarbonyl (C=S) groups is 1. The Balaban J connectivity index is 0.781. The summed E-state index contributed by atoms with van der Waals surface area (Å²) in [5.74, 6) is -7.76. The molecule has 0 radical (unpaired) electrons. The molecule has 8 atom stereocenters. The van der Waals surface area contributed by atoms with Gasteiger partial charge in [0.2, 0.25) is 59.1 Å². The molecule has 10 rings (SSSR count).